The Morgan fingerprint density at radius 3 is 2.62 bits per heavy atom. The van der Waals surface area contributed by atoms with E-state index in [1.165, 1.54) is 24.1 Å². The molecular formula is C17H13F2NO4. The van der Waals surface area contributed by atoms with Crippen LogP contribution < -0.4 is 0 Å². The first kappa shape index (κ1) is 16.0. The summed E-state index contributed by atoms with van der Waals surface area (Å²) in [4.78, 5) is 37.3. The van der Waals surface area contributed by atoms with Crippen molar-refractivity contribution in [3.63, 3.8) is 0 Å². The van der Waals surface area contributed by atoms with E-state index in [9.17, 15) is 23.2 Å². The number of ketones is 1. The smallest absolute Gasteiger partial charge is 0.333 e. The van der Waals surface area contributed by atoms with Crippen molar-refractivity contribution in [1.29, 1.82) is 0 Å². The van der Waals surface area contributed by atoms with Crippen LogP contribution in [0.5, 0.6) is 0 Å². The van der Waals surface area contributed by atoms with Crippen LogP contribution in [0.2, 0.25) is 0 Å². The van der Waals surface area contributed by atoms with Gasteiger partial charge in [-0.1, -0.05) is 6.07 Å². The number of allylic oxidation sites excluding steroid dienone is 2. The first-order valence-corrected chi connectivity index (χ1v) is 7.24. The van der Waals surface area contributed by atoms with E-state index in [1.54, 1.807) is 0 Å². The highest BCUT2D eigenvalue weighted by Gasteiger charge is 2.42. The molecule has 2 aliphatic rings. The molecule has 7 heteroatoms. The molecule has 1 amide bonds. The van der Waals surface area contributed by atoms with Crippen LogP contribution in [-0.4, -0.2) is 27.7 Å². The monoisotopic (exact) mass is 333 g/mol. The molecule has 1 aromatic carbocycles. The number of carboxylic acid groups (broad SMARTS) is 1. The number of nitrogens with zero attached hydrogens (tertiary/aromatic N) is 1. The van der Waals surface area contributed by atoms with Crippen molar-refractivity contribution in [2.24, 2.45) is 5.92 Å². The van der Waals surface area contributed by atoms with Gasteiger partial charge in [0.25, 0.3) is 0 Å². The molecule has 0 bridgehead atoms. The van der Waals surface area contributed by atoms with Crippen molar-refractivity contribution < 1.29 is 28.3 Å². The van der Waals surface area contributed by atoms with E-state index in [0.717, 1.165) is 12.1 Å². The van der Waals surface area contributed by atoms with E-state index in [2.05, 4.69) is 0 Å². The standard InChI is InChI=1S/C17H13F2NO4/c1-8-14-6-10(17(23)24)7-20(14)16(22)11(15(8)21)4-9-2-3-12(18)13(19)5-9/h2-3,5,7,11H,4,6H2,1H3,(H,23,24). The van der Waals surface area contributed by atoms with E-state index in [4.69, 9.17) is 5.11 Å². The summed E-state index contributed by atoms with van der Waals surface area (Å²) in [5, 5.41) is 9.07. The normalized spacial score (nSPS) is 20.4. The molecule has 2 aliphatic heterocycles. The average molecular weight is 333 g/mol. The maximum Gasteiger partial charge on any atom is 0.333 e. The highest BCUT2D eigenvalue weighted by atomic mass is 19.2. The summed E-state index contributed by atoms with van der Waals surface area (Å²) in [7, 11) is 0. The fourth-order valence-electron chi connectivity index (χ4n) is 2.95. The van der Waals surface area contributed by atoms with E-state index in [1.807, 2.05) is 0 Å². The van der Waals surface area contributed by atoms with Gasteiger partial charge in [0.15, 0.2) is 17.4 Å². The number of fused-ring (bicyclic) bond motifs is 1. The predicted octanol–water partition coefficient (Wildman–Crippen LogP) is 2.18. The van der Waals surface area contributed by atoms with E-state index in [-0.39, 0.29) is 18.4 Å². The van der Waals surface area contributed by atoms with Gasteiger partial charge in [-0.2, -0.15) is 0 Å². The lowest BCUT2D eigenvalue weighted by molar-refractivity contribution is -0.138. The van der Waals surface area contributed by atoms with E-state index < -0.39 is 35.2 Å². The summed E-state index contributed by atoms with van der Waals surface area (Å²) < 4.78 is 26.3. The fourth-order valence-corrected chi connectivity index (χ4v) is 2.95. The Balaban J connectivity index is 1.93. The molecular weight excluding hydrogens is 320 g/mol. The van der Waals surface area contributed by atoms with Crippen LogP contribution in [0.25, 0.3) is 0 Å². The van der Waals surface area contributed by atoms with Gasteiger partial charge in [-0.05, 0) is 31.0 Å². The quantitative estimate of drug-likeness (QED) is 0.861. The van der Waals surface area contributed by atoms with Gasteiger partial charge >= 0.3 is 5.97 Å². The lowest BCUT2D eigenvalue weighted by Gasteiger charge is -2.29. The van der Waals surface area contributed by atoms with Crippen molar-refractivity contribution in [2.75, 3.05) is 0 Å². The number of halogens is 2. The Hall–Kier alpha value is -2.83. The van der Waals surface area contributed by atoms with Gasteiger partial charge in [0, 0.05) is 23.9 Å². The summed E-state index contributed by atoms with van der Waals surface area (Å²) in [6.07, 6.45) is 1.15. The Labute approximate surface area is 135 Å². The maximum atomic E-state index is 13.3. The molecule has 0 fully saturated rings. The van der Waals surface area contributed by atoms with Gasteiger partial charge in [0.1, 0.15) is 5.92 Å². The summed E-state index contributed by atoms with van der Waals surface area (Å²) in [5.74, 6) is -5.26. The number of hydrogen-bond donors (Lipinski definition) is 1. The molecule has 1 aromatic rings. The zero-order chi connectivity index (χ0) is 17.6. The topological polar surface area (TPSA) is 74.7 Å². The van der Waals surface area contributed by atoms with Crippen molar-refractivity contribution in [3.8, 4) is 0 Å². The molecule has 2 heterocycles. The average Bonchev–Trinajstić information content (AvgIpc) is 2.99. The van der Waals surface area contributed by atoms with Crippen molar-refractivity contribution in [2.45, 2.75) is 19.8 Å². The molecule has 0 spiro atoms. The first-order chi connectivity index (χ1) is 11.3. The number of benzene rings is 1. The molecule has 124 valence electrons. The lowest BCUT2D eigenvalue weighted by atomic mass is 9.86. The van der Waals surface area contributed by atoms with E-state index >= 15 is 0 Å². The SMILES string of the molecule is CC1=C2CC(C(=O)O)=CN2C(=O)C(Cc2ccc(F)c(F)c2)C1=O. The number of rotatable bonds is 3. The summed E-state index contributed by atoms with van der Waals surface area (Å²) in [6.45, 7) is 1.54. The van der Waals surface area contributed by atoms with Gasteiger partial charge in [0.05, 0.1) is 5.57 Å². The number of carbonyl (C=O) groups is 3. The van der Waals surface area contributed by atoms with Gasteiger partial charge < -0.3 is 5.11 Å². The predicted molar refractivity (Wildman–Crippen MR) is 78.4 cm³/mol. The van der Waals surface area contributed by atoms with Crippen molar-refractivity contribution in [3.05, 3.63) is 58.4 Å². The molecule has 1 atom stereocenters. The minimum Gasteiger partial charge on any atom is -0.478 e. The van der Waals surface area contributed by atoms with Crippen LogP contribution in [0.4, 0.5) is 8.78 Å². The van der Waals surface area contributed by atoms with Crippen LogP contribution >= 0.6 is 0 Å². The van der Waals surface area contributed by atoms with Gasteiger partial charge in [0.2, 0.25) is 5.91 Å². The number of carboxylic acids is 1. The Morgan fingerprint density at radius 2 is 2.00 bits per heavy atom. The summed E-state index contributed by atoms with van der Waals surface area (Å²) in [6, 6.07) is 3.21. The molecule has 1 N–H and O–H groups in total. The second kappa shape index (κ2) is 5.67. The van der Waals surface area contributed by atoms with Crippen molar-refractivity contribution in [1.82, 2.24) is 4.90 Å². The highest BCUT2D eigenvalue weighted by molar-refractivity contribution is 6.14. The second-order valence-corrected chi connectivity index (χ2v) is 5.79. The first-order valence-electron chi connectivity index (χ1n) is 7.24. The molecule has 1 unspecified atom stereocenters. The minimum atomic E-state index is -1.15. The fraction of sp³-hybridized carbons (Fsp3) is 0.235. The number of carbonyl (C=O) groups excluding carboxylic acids is 2. The van der Waals surface area contributed by atoms with Crippen LogP contribution in [0.1, 0.15) is 18.9 Å². The molecule has 0 aliphatic carbocycles. The molecule has 3 rings (SSSR count). The third kappa shape index (κ3) is 2.51. The molecule has 0 radical (unpaired) electrons. The molecule has 0 aromatic heterocycles. The van der Waals surface area contributed by atoms with E-state index in [0.29, 0.717) is 16.8 Å². The maximum absolute atomic E-state index is 13.3. The molecule has 0 saturated carbocycles. The molecule has 0 saturated heterocycles. The van der Waals surface area contributed by atoms with Crippen LogP contribution in [0.3, 0.4) is 0 Å². The second-order valence-electron chi connectivity index (χ2n) is 5.79. The zero-order valence-electron chi connectivity index (χ0n) is 12.7. The number of aliphatic carboxylic acids is 1. The third-order valence-electron chi connectivity index (χ3n) is 4.29. The largest absolute Gasteiger partial charge is 0.478 e. The Morgan fingerprint density at radius 1 is 1.29 bits per heavy atom. The summed E-state index contributed by atoms with van der Waals surface area (Å²) >= 11 is 0. The van der Waals surface area contributed by atoms with Crippen LogP contribution in [0.15, 0.2) is 41.2 Å². The van der Waals surface area contributed by atoms with Gasteiger partial charge in [-0.25, -0.2) is 13.6 Å². The minimum absolute atomic E-state index is 0.0105. The lowest BCUT2D eigenvalue weighted by Crippen LogP contribution is -2.41. The van der Waals surface area contributed by atoms with Crippen molar-refractivity contribution >= 4 is 17.7 Å². The Kier molecular flexibility index (Phi) is 3.79. The van der Waals surface area contributed by atoms with Gasteiger partial charge in [-0.3, -0.25) is 14.5 Å². The number of hydrogen-bond acceptors (Lipinski definition) is 3. The highest BCUT2D eigenvalue weighted by Crippen LogP contribution is 2.35. The van der Waals surface area contributed by atoms with Crippen LogP contribution in [-0.2, 0) is 20.8 Å². The van der Waals surface area contributed by atoms with Gasteiger partial charge in [-0.15, -0.1) is 0 Å². The Bertz CT molecular complexity index is 841. The number of Topliss-reactive ketones (excluding diaryl/α,β-unsaturated/α-hetero) is 1. The number of amides is 1. The summed E-state index contributed by atoms with van der Waals surface area (Å²) in [5.41, 5.74) is 1.02. The van der Waals surface area contributed by atoms with Crippen LogP contribution in [0, 0.1) is 17.6 Å². The third-order valence-corrected chi connectivity index (χ3v) is 4.29. The molecule has 5 nitrogen and oxygen atoms in total. The zero-order valence-corrected chi connectivity index (χ0v) is 12.7. The molecule has 24 heavy (non-hydrogen) atoms.